The van der Waals surface area contributed by atoms with Crippen molar-refractivity contribution >= 4 is 11.9 Å². The van der Waals surface area contributed by atoms with Crippen LogP contribution in [0.15, 0.2) is 0 Å². The Morgan fingerprint density at radius 3 is 2.80 bits per heavy atom. The normalized spacial score (nSPS) is 35.0. The average Bonchev–Trinajstić information content (AvgIpc) is 2.16. The number of hydrogen-bond donors (Lipinski definition) is 1. The Kier molecular flexibility index (Phi) is 2.44. The van der Waals surface area contributed by atoms with Crippen LogP contribution in [0.5, 0.6) is 0 Å². The maximum Gasteiger partial charge on any atom is 0.311 e. The molecule has 2 fully saturated rings. The first-order valence-corrected chi connectivity index (χ1v) is 5.52. The second-order valence-corrected chi connectivity index (χ2v) is 4.95. The van der Waals surface area contributed by atoms with Crippen LogP contribution in [-0.2, 0) is 9.59 Å². The molecule has 0 spiro atoms. The fraction of sp³-hybridized carbons (Fsp3) is 0.818. The Morgan fingerprint density at radius 1 is 1.47 bits per heavy atom. The van der Waals surface area contributed by atoms with Crippen LogP contribution in [0.2, 0.25) is 0 Å². The summed E-state index contributed by atoms with van der Waals surface area (Å²) in [4.78, 5) is 24.4. The molecule has 0 aromatic heterocycles. The molecule has 1 saturated carbocycles. The molecule has 15 heavy (non-hydrogen) atoms. The van der Waals surface area contributed by atoms with Crippen molar-refractivity contribution in [3.63, 3.8) is 0 Å². The number of aliphatic carboxylic acids is 1. The van der Waals surface area contributed by atoms with Crippen molar-refractivity contribution in [1.29, 1.82) is 0 Å². The minimum absolute atomic E-state index is 0.00669. The number of fused-ring (bicyclic) bond motifs is 2. The molecule has 1 aliphatic carbocycles. The first kappa shape index (κ1) is 10.5. The summed E-state index contributed by atoms with van der Waals surface area (Å²) in [7, 11) is 0. The number of piperidine rings is 1. The molecule has 0 radical (unpaired) electrons. The van der Waals surface area contributed by atoms with Gasteiger partial charge < -0.3 is 10.0 Å². The molecule has 4 nitrogen and oxygen atoms in total. The van der Waals surface area contributed by atoms with Crippen molar-refractivity contribution in [3.05, 3.63) is 0 Å². The summed E-state index contributed by atoms with van der Waals surface area (Å²) in [5, 5.41) is 9.30. The highest BCUT2D eigenvalue weighted by Crippen LogP contribution is 2.44. The third-order valence-corrected chi connectivity index (χ3v) is 3.82. The van der Waals surface area contributed by atoms with E-state index < -0.39 is 11.4 Å². The van der Waals surface area contributed by atoms with Crippen molar-refractivity contribution in [2.45, 2.75) is 32.6 Å². The average molecular weight is 211 g/mol. The Labute approximate surface area is 89.3 Å². The van der Waals surface area contributed by atoms with Gasteiger partial charge in [0.1, 0.15) is 0 Å². The van der Waals surface area contributed by atoms with Crippen molar-refractivity contribution < 1.29 is 14.7 Å². The SMILES string of the molecule is CC(=O)N1CC2CCCC(C(=O)O)(C2)C1. The van der Waals surface area contributed by atoms with E-state index in [1.807, 2.05) is 0 Å². The highest BCUT2D eigenvalue weighted by Gasteiger charge is 2.48. The Morgan fingerprint density at radius 2 is 2.20 bits per heavy atom. The van der Waals surface area contributed by atoms with E-state index in [9.17, 15) is 14.7 Å². The van der Waals surface area contributed by atoms with Crippen LogP contribution in [0.25, 0.3) is 0 Å². The van der Waals surface area contributed by atoms with Crippen LogP contribution in [-0.4, -0.2) is 35.0 Å². The van der Waals surface area contributed by atoms with E-state index in [1.54, 1.807) is 4.90 Å². The van der Waals surface area contributed by atoms with Gasteiger partial charge in [-0.15, -0.1) is 0 Å². The summed E-state index contributed by atoms with van der Waals surface area (Å²) in [5.74, 6) is -0.321. The summed E-state index contributed by atoms with van der Waals surface area (Å²) in [6.45, 7) is 2.69. The van der Waals surface area contributed by atoms with Crippen LogP contribution < -0.4 is 0 Å². The molecule has 1 saturated heterocycles. The van der Waals surface area contributed by atoms with Gasteiger partial charge in [-0.1, -0.05) is 6.42 Å². The summed E-state index contributed by atoms with van der Waals surface area (Å²) in [5.41, 5.74) is -0.646. The van der Waals surface area contributed by atoms with Crippen LogP contribution in [0, 0.1) is 11.3 Å². The van der Waals surface area contributed by atoms with E-state index in [0.717, 1.165) is 32.2 Å². The van der Waals surface area contributed by atoms with Crippen molar-refractivity contribution in [3.8, 4) is 0 Å². The van der Waals surface area contributed by atoms with Crippen LogP contribution in [0.3, 0.4) is 0 Å². The molecule has 2 unspecified atom stereocenters. The van der Waals surface area contributed by atoms with Crippen molar-refractivity contribution in [2.24, 2.45) is 11.3 Å². The molecule has 1 heterocycles. The van der Waals surface area contributed by atoms with Gasteiger partial charge in [-0.2, -0.15) is 0 Å². The predicted octanol–water partition coefficient (Wildman–Crippen LogP) is 1.11. The molecule has 0 aromatic rings. The number of carboxylic acid groups (broad SMARTS) is 1. The summed E-state index contributed by atoms with van der Waals surface area (Å²) in [6, 6.07) is 0. The molecule has 1 N–H and O–H groups in total. The van der Waals surface area contributed by atoms with E-state index in [2.05, 4.69) is 0 Å². The molecular formula is C11H17NO3. The number of likely N-dealkylation sites (tertiary alicyclic amines) is 1. The van der Waals surface area contributed by atoms with Gasteiger partial charge in [-0.05, 0) is 25.2 Å². The Hall–Kier alpha value is -1.06. The van der Waals surface area contributed by atoms with Crippen LogP contribution in [0.1, 0.15) is 32.6 Å². The zero-order valence-corrected chi connectivity index (χ0v) is 9.03. The largest absolute Gasteiger partial charge is 0.481 e. The molecule has 2 atom stereocenters. The number of carboxylic acids is 1. The van der Waals surface area contributed by atoms with Gasteiger partial charge in [0, 0.05) is 20.0 Å². The van der Waals surface area contributed by atoms with E-state index in [1.165, 1.54) is 6.92 Å². The molecular weight excluding hydrogens is 194 g/mol. The number of hydrogen-bond acceptors (Lipinski definition) is 2. The number of carbonyl (C=O) groups excluding carboxylic acids is 1. The highest BCUT2D eigenvalue weighted by molar-refractivity contribution is 5.78. The number of amides is 1. The lowest BCUT2D eigenvalue weighted by molar-refractivity contribution is -0.159. The smallest absolute Gasteiger partial charge is 0.311 e. The van der Waals surface area contributed by atoms with Gasteiger partial charge in [0.2, 0.25) is 5.91 Å². The maximum absolute atomic E-state index is 11.3. The van der Waals surface area contributed by atoms with E-state index >= 15 is 0 Å². The second kappa shape index (κ2) is 3.51. The van der Waals surface area contributed by atoms with Crippen LogP contribution in [0.4, 0.5) is 0 Å². The molecule has 1 aliphatic heterocycles. The molecule has 84 valence electrons. The first-order chi connectivity index (χ1) is 7.03. The minimum atomic E-state index is -0.724. The lowest BCUT2D eigenvalue weighted by atomic mass is 9.66. The lowest BCUT2D eigenvalue weighted by Gasteiger charge is -2.47. The third kappa shape index (κ3) is 1.73. The quantitative estimate of drug-likeness (QED) is 0.706. The molecule has 2 aliphatic rings. The fourth-order valence-electron chi connectivity index (χ4n) is 3.03. The maximum atomic E-state index is 11.3. The Balaban J connectivity index is 2.22. The number of rotatable bonds is 1. The predicted molar refractivity (Wildman–Crippen MR) is 54.3 cm³/mol. The van der Waals surface area contributed by atoms with Crippen LogP contribution >= 0.6 is 0 Å². The summed E-state index contributed by atoms with van der Waals surface area (Å²) < 4.78 is 0. The minimum Gasteiger partial charge on any atom is -0.481 e. The molecule has 0 aromatic carbocycles. The molecule has 2 rings (SSSR count). The van der Waals surface area contributed by atoms with E-state index in [4.69, 9.17) is 0 Å². The zero-order chi connectivity index (χ0) is 11.1. The van der Waals surface area contributed by atoms with Gasteiger partial charge in [0.25, 0.3) is 0 Å². The van der Waals surface area contributed by atoms with Gasteiger partial charge in [-0.3, -0.25) is 9.59 Å². The third-order valence-electron chi connectivity index (χ3n) is 3.82. The van der Waals surface area contributed by atoms with Gasteiger partial charge in [0.05, 0.1) is 5.41 Å². The lowest BCUT2D eigenvalue weighted by Crippen LogP contribution is -2.54. The fourth-order valence-corrected chi connectivity index (χ4v) is 3.03. The monoisotopic (exact) mass is 211 g/mol. The first-order valence-electron chi connectivity index (χ1n) is 5.52. The standard InChI is InChI=1S/C11H17NO3/c1-8(13)12-6-9-3-2-4-11(5-9,7-12)10(14)15/h9H,2-7H2,1H3,(H,14,15). The second-order valence-electron chi connectivity index (χ2n) is 4.95. The van der Waals surface area contributed by atoms with Gasteiger partial charge in [0.15, 0.2) is 0 Å². The van der Waals surface area contributed by atoms with Crippen molar-refractivity contribution in [1.82, 2.24) is 4.90 Å². The van der Waals surface area contributed by atoms with Gasteiger partial charge in [-0.25, -0.2) is 0 Å². The topological polar surface area (TPSA) is 57.6 Å². The summed E-state index contributed by atoms with van der Waals surface area (Å²) >= 11 is 0. The molecule has 4 heteroatoms. The number of carbonyl (C=O) groups is 2. The number of nitrogens with zero attached hydrogens (tertiary/aromatic N) is 1. The Bertz CT molecular complexity index is 302. The molecule has 1 amide bonds. The van der Waals surface area contributed by atoms with E-state index in [-0.39, 0.29) is 5.91 Å². The zero-order valence-electron chi connectivity index (χ0n) is 9.03. The van der Waals surface area contributed by atoms with Gasteiger partial charge >= 0.3 is 5.97 Å². The summed E-state index contributed by atoms with van der Waals surface area (Å²) in [6.07, 6.45) is 3.54. The highest BCUT2D eigenvalue weighted by atomic mass is 16.4. The van der Waals surface area contributed by atoms with Crippen molar-refractivity contribution in [2.75, 3.05) is 13.1 Å². The molecule has 2 bridgehead atoms. The van der Waals surface area contributed by atoms with E-state index in [0.29, 0.717) is 12.5 Å².